The number of halogens is 2. The van der Waals surface area contributed by atoms with Crippen molar-refractivity contribution in [3.8, 4) is 5.75 Å². The van der Waals surface area contributed by atoms with Crippen LogP contribution in [0.4, 0.5) is 4.39 Å². The van der Waals surface area contributed by atoms with E-state index in [1.165, 1.54) is 12.1 Å². The first-order chi connectivity index (χ1) is 13.5. The van der Waals surface area contributed by atoms with E-state index in [1.54, 1.807) is 12.1 Å². The lowest BCUT2D eigenvalue weighted by Gasteiger charge is -2.33. The van der Waals surface area contributed by atoms with Crippen molar-refractivity contribution in [3.63, 3.8) is 0 Å². The minimum absolute atomic E-state index is 0. The minimum atomic E-state index is -0.897. The standard InChI is InChI=1S/C20H33FN4O3.HI/c1-3-22-19(23-9-4-12-28-18-7-5-17(21)6-8-18)24-15-20(2,26)16-25-10-13-27-14-11-25;/h5-8,26H,3-4,9-16H2,1-2H3,(H2,22,23,24);1H. The molecular weight excluding hydrogens is 490 g/mol. The smallest absolute Gasteiger partial charge is 0.191 e. The van der Waals surface area contributed by atoms with E-state index < -0.39 is 5.60 Å². The Kier molecular flexibility index (Phi) is 12.4. The molecule has 1 heterocycles. The summed E-state index contributed by atoms with van der Waals surface area (Å²) in [5, 5.41) is 17.1. The fourth-order valence-corrected chi connectivity index (χ4v) is 2.88. The highest BCUT2D eigenvalue weighted by Crippen LogP contribution is 2.11. The lowest BCUT2D eigenvalue weighted by molar-refractivity contribution is -0.0180. The monoisotopic (exact) mass is 524 g/mol. The molecule has 0 aliphatic carbocycles. The molecule has 1 unspecified atom stereocenters. The van der Waals surface area contributed by atoms with E-state index >= 15 is 0 Å². The molecule has 0 spiro atoms. The second-order valence-corrected chi connectivity index (χ2v) is 7.16. The average Bonchev–Trinajstić information content (AvgIpc) is 2.67. The quantitative estimate of drug-likeness (QED) is 0.188. The van der Waals surface area contributed by atoms with Gasteiger partial charge in [0.15, 0.2) is 5.96 Å². The third kappa shape index (κ3) is 11.0. The van der Waals surface area contributed by atoms with Gasteiger partial charge in [-0.15, -0.1) is 24.0 Å². The molecule has 0 saturated carbocycles. The predicted molar refractivity (Wildman–Crippen MR) is 124 cm³/mol. The van der Waals surface area contributed by atoms with E-state index in [1.807, 2.05) is 13.8 Å². The highest BCUT2D eigenvalue weighted by molar-refractivity contribution is 14.0. The van der Waals surface area contributed by atoms with Crippen LogP contribution in [0.1, 0.15) is 20.3 Å². The van der Waals surface area contributed by atoms with Crippen LogP contribution in [-0.2, 0) is 4.74 Å². The van der Waals surface area contributed by atoms with Crippen LogP contribution >= 0.6 is 24.0 Å². The zero-order valence-electron chi connectivity index (χ0n) is 17.3. The summed E-state index contributed by atoms with van der Waals surface area (Å²) in [5.74, 6) is 1.05. The van der Waals surface area contributed by atoms with Crippen LogP contribution in [0.2, 0.25) is 0 Å². The molecule has 1 fully saturated rings. The molecular formula is C20H34FIN4O3. The Labute approximate surface area is 190 Å². The molecule has 9 heteroatoms. The Hall–Kier alpha value is -1.17. The van der Waals surface area contributed by atoms with Gasteiger partial charge in [0.1, 0.15) is 11.6 Å². The van der Waals surface area contributed by atoms with Gasteiger partial charge in [0.05, 0.1) is 32.0 Å². The zero-order valence-corrected chi connectivity index (χ0v) is 19.7. The van der Waals surface area contributed by atoms with E-state index in [0.717, 1.165) is 26.1 Å². The van der Waals surface area contributed by atoms with Gasteiger partial charge in [0.25, 0.3) is 0 Å². The van der Waals surface area contributed by atoms with Crippen LogP contribution in [0.25, 0.3) is 0 Å². The Balaban J connectivity index is 0.00000420. The summed E-state index contributed by atoms with van der Waals surface area (Å²) in [4.78, 5) is 6.72. The summed E-state index contributed by atoms with van der Waals surface area (Å²) < 4.78 is 23.8. The van der Waals surface area contributed by atoms with Gasteiger partial charge < -0.3 is 25.2 Å². The molecule has 0 amide bonds. The van der Waals surface area contributed by atoms with Crippen molar-refractivity contribution in [2.75, 3.05) is 59.1 Å². The number of guanidine groups is 1. The number of aliphatic imine (C=N–C) groups is 1. The first kappa shape index (κ1) is 25.9. The molecule has 166 valence electrons. The van der Waals surface area contributed by atoms with Crippen LogP contribution in [0.15, 0.2) is 29.3 Å². The molecule has 1 aliphatic rings. The van der Waals surface area contributed by atoms with Crippen molar-refractivity contribution >= 4 is 29.9 Å². The minimum Gasteiger partial charge on any atom is -0.494 e. The maximum Gasteiger partial charge on any atom is 0.191 e. The first-order valence-corrected chi connectivity index (χ1v) is 9.91. The fourth-order valence-electron chi connectivity index (χ4n) is 2.88. The maximum atomic E-state index is 12.9. The van der Waals surface area contributed by atoms with E-state index in [9.17, 15) is 9.50 Å². The number of nitrogens with zero attached hydrogens (tertiary/aromatic N) is 2. The second-order valence-electron chi connectivity index (χ2n) is 7.16. The number of ether oxygens (including phenoxy) is 2. The lowest BCUT2D eigenvalue weighted by Crippen LogP contribution is -2.48. The number of β-amino-alcohol motifs (C(OH)–C–C–N with tert-alkyl or cyclic N) is 1. The van der Waals surface area contributed by atoms with E-state index in [-0.39, 0.29) is 29.8 Å². The molecule has 1 aromatic carbocycles. The highest BCUT2D eigenvalue weighted by Gasteiger charge is 2.25. The third-order valence-corrected chi connectivity index (χ3v) is 4.29. The van der Waals surface area contributed by atoms with Gasteiger partial charge in [0, 0.05) is 32.7 Å². The average molecular weight is 524 g/mol. The van der Waals surface area contributed by atoms with Crippen molar-refractivity contribution in [3.05, 3.63) is 30.1 Å². The summed E-state index contributed by atoms with van der Waals surface area (Å²) >= 11 is 0. The number of aliphatic hydroxyl groups is 1. The molecule has 1 aliphatic heterocycles. The van der Waals surface area contributed by atoms with Crippen molar-refractivity contribution in [1.29, 1.82) is 0 Å². The number of nitrogens with one attached hydrogen (secondary N) is 2. The van der Waals surface area contributed by atoms with Gasteiger partial charge in [-0.3, -0.25) is 9.89 Å². The number of rotatable bonds is 10. The maximum absolute atomic E-state index is 12.9. The topological polar surface area (TPSA) is 78.4 Å². The number of hydrogen-bond acceptors (Lipinski definition) is 5. The molecule has 1 aromatic rings. The molecule has 0 aromatic heterocycles. The van der Waals surface area contributed by atoms with E-state index in [0.29, 0.717) is 51.2 Å². The summed E-state index contributed by atoms with van der Waals surface area (Å²) in [6, 6.07) is 5.99. The Morgan fingerprint density at radius 3 is 2.62 bits per heavy atom. The number of morpholine rings is 1. The van der Waals surface area contributed by atoms with Gasteiger partial charge in [-0.05, 0) is 44.5 Å². The van der Waals surface area contributed by atoms with Crippen LogP contribution in [-0.4, -0.2) is 80.7 Å². The summed E-state index contributed by atoms with van der Waals surface area (Å²) in [5.41, 5.74) is -0.897. The number of benzene rings is 1. The molecule has 1 atom stereocenters. The normalized spacial score (nSPS) is 17.2. The Morgan fingerprint density at radius 2 is 1.97 bits per heavy atom. The van der Waals surface area contributed by atoms with Gasteiger partial charge in [-0.25, -0.2) is 4.39 Å². The van der Waals surface area contributed by atoms with Crippen molar-refractivity contribution in [1.82, 2.24) is 15.5 Å². The molecule has 1 saturated heterocycles. The molecule has 0 bridgehead atoms. The zero-order chi connectivity index (χ0) is 20.2. The Morgan fingerprint density at radius 1 is 1.28 bits per heavy atom. The second kappa shape index (κ2) is 13.9. The van der Waals surface area contributed by atoms with Crippen LogP contribution in [0.3, 0.4) is 0 Å². The van der Waals surface area contributed by atoms with E-state index in [4.69, 9.17) is 9.47 Å². The number of hydrogen-bond donors (Lipinski definition) is 3. The van der Waals surface area contributed by atoms with Gasteiger partial charge in [-0.1, -0.05) is 0 Å². The van der Waals surface area contributed by atoms with Gasteiger partial charge in [0.2, 0.25) is 0 Å². The van der Waals surface area contributed by atoms with Crippen molar-refractivity contribution in [2.24, 2.45) is 4.99 Å². The summed E-state index contributed by atoms with van der Waals surface area (Å²) in [6.45, 7) is 9.74. The fraction of sp³-hybridized carbons (Fsp3) is 0.650. The largest absolute Gasteiger partial charge is 0.494 e. The molecule has 3 N–H and O–H groups in total. The lowest BCUT2D eigenvalue weighted by atomic mass is 10.1. The van der Waals surface area contributed by atoms with Crippen molar-refractivity contribution < 1.29 is 19.0 Å². The third-order valence-electron chi connectivity index (χ3n) is 4.29. The van der Waals surface area contributed by atoms with Crippen LogP contribution < -0.4 is 15.4 Å². The van der Waals surface area contributed by atoms with Crippen molar-refractivity contribution in [2.45, 2.75) is 25.9 Å². The summed E-state index contributed by atoms with van der Waals surface area (Å²) in [6.07, 6.45) is 0.770. The van der Waals surface area contributed by atoms with Crippen LogP contribution in [0, 0.1) is 5.82 Å². The van der Waals surface area contributed by atoms with Gasteiger partial charge in [-0.2, -0.15) is 0 Å². The SMILES string of the molecule is CCNC(=NCC(C)(O)CN1CCOCC1)NCCCOc1ccc(F)cc1.I. The Bertz CT molecular complexity index is 596. The van der Waals surface area contributed by atoms with Gasteiger partial charge >= 0.3 is 0 Å². The van der Waals surface area contributed by atoms with E-state index in [2.05, 4.69) is 20.5 Å². The molecule has 29 heavy (non-hydrogen) atoms. The first-order valence-electron chi connectivity index (χ1n) is 9.91. The predicted octanol–water partition coefficient (Wildman–Crippen LogP) is 1.85. The summed E-state index contributed by atoms with van der Waals surface area (Å²) in [7, 11) is 0. The highest BCUT2D eigenvalue weighted by atomic mass is 127. The molecule has 7 nitrogen and oxygen atoms in total. The molecule has 2 rings (SSSR count). The molecule has 0 radical (unpaired) electrons. The van der Waals surface area contributed by atoms with Crippen LogP contribution in [0.5, 0.6) is 5.75 Å².